The standard InChI is InChI=1S/C15H22N2O3/c1-4-12-5-7-13(8-6-12)14(10-18)16-15(20)9-17(3)11(2)19/h5-8,14,18H,4,9-10H2,1-3H3,(H,16,20). The predicted molar refractivity (Wildman–Crippen MR) is 77.1 cm³/mol. The molecule has 0 bridgehead atoms. The lowest BCUT2D eigenvalue weighted by molar-refractivity contribution is -0.133. The summed E-state index contributed by atoms with van der Waals surface area (Å²) >= 11 is 0. The molecule has 1 atom stereocenters. The molecular formula is C15H22N2O3. The number of rotatable bonds is 6. The largest absolute Gasteiger partial charge is 0.394 e. The first-order valence-electron chi connectivity index (χ1n) is 6.68. The van der Waals surface area contributed by atoms with E-state index in [0.29, 0.717) is 0 Å². The summed E-state index contributed by atoms with van der Waals surface area (Å²) in [4.78, 5) is 24.2. The van der Waals surface area contributed by atoms with Gasteiger partial charge in [-0.15, -0.1) is 0 Å². The zero-order chi connectivity index (χ0) is 15.1. The SMILES string of the molecule is CCc1ccc(C(CO)NC(=O)CN(C)C(C)=O)cc1. The van der Waals surface area contributed by atoms with Gasteiger partial charge >= 0.3 is 0 Å². The Morgan fingerprint density at radius 2 is 1.90 bits per heavy atom. The van der Waals surface area contributed by atoms with Gasteiger partial charge in [0, 0.05) is 14.0 Å². The quantitative estimate of drug-likeness (QED) is 0.811. The average Bonchev–Trinajstić information content (AvgIpc) is 2.44. The molecule has 0 spiro atoms. The molecule has 1 aromatic carbocycles. The van der Waals surface area contributed by atoms with E-state index in [1.807, 2.05) is 24.3 Å². The van der Waals surface area contributed by atoms with Crippen LogP contribution in [0.3, 0.4) is 0 Å². The number of amides is 2. The second kappa shape index (κ2) is 7.65. The molecule has 20 heavy (non-hydrogen) atoms. The van der Waals surface area contributed by atoms with Gasteiger partial charge in [-0.2, -0.15) is 0 Å². The second-order valence-electron chi connectivity index (χ2n) is 4.77. The number of aryl methyl sites for hydroxylation is 1. The first kappa shape index (κ1) is 16.2. The summed E-state index contributed by atoms with van der Waals surface area (Å²) in [7, 11) is 1.56. The zero-order valence-electron chi connectivity index (χ0n) is 12.2. The Hall–Kier alpha value is -1.88. The van der Waals surface area contributed by atoms with E-state index < -0.39 is 6.04 Å². The highest BCUT2D eigenvalue weighted by molar-refractivity contribution is 5.83. The van der Waals surface area contributed by atoms with Crippen LogP contribution in [0.2, 0.25) is 0 Å². The number of benzene rings is 1. The van der Waals surface area contributed by atoms with Crippen molar-refractivity contribution >= 4 is 11.8 Å². The summed E-state index contributed by atoms with van der Waals surface area (Å²) in [6.45, 7) is 3.28. The lowest BCUT2D eigenvalue weighted by atomic mass is 10.0. The Bertz CT molecular complexity index is 457. The van der Waals surface area contributed by atoms with Crippen LogP contribution >= 0.6 is 0 Å². The van der Waals surface area contributed by atoms with Gasteiger partial charge in [-0.3, -0.25) is 9.59 Å². The molecule has 2 N–H and O–H groups in total. The number of nitrogens with zero attached hydrogens (tertiary/aromatic N) is 1. The monoisotopic (exact) mass is 278 g/mol. The van der Waals surface area contributed by atoms with Crippen LogP contribution in [0.4, 0.5) is 0 Å². The van der Waals surface area contributed by atoms with Crippen LogP contribution in [-0.2, 0) is 16.0 Å². The highest BCUT2D eigenvalue weighted by Gasteiger charge is 2.15. The van der Waals surface area contributed by atoms with Gasteiger partial charge < -0.3 is 15.3 Å². The highest BCUT2D eigenvalue weighted by Crippen LogP contribution is 2.14. The summed E-state index contributed by atoms with van der Waals surface area (Å²) in [5.41, 5.74) is 2.05. The van der Waals surface area contributed by atoms with Crippen molar-refractivity contribution in [3.8, 4) is 0 Å². The molecule has 5 heteroatoms. The van der Waals surface area contributed by atoms with Gasteiger partial charge in [0.2, 0.25) is 11.8 Å². The van der Waals surface area contributed by atoms with Gasteiger partial charge in [-0.25, -0.2) is 0 Å². The van der Waals surface area contributed by atoms with Crippen LogP contribution in [0, 0.1) is 0 Å². The maximum Gasteiger partial charge on any atom is 0.240 e. The third-order valence-corrected chi connectivity index (χ3v) is 3.23. The molecule has 1 rings (SSSR count). The molecule has 1 aromatic rings. The number of hydrogen-bond donors (Lipinski definition) is 2. The van der Waals surface area contributed by atoms with Crippen molar-refractivity contribution in [1.29, 1.82) is 0 Å². The lowest BCUT2D eigenvalue weighted by Gasteiger charge is -2.20. The number of carbonyl (C=O) groups excluding carboxylic acids is 2. The van der Waals surface area contributed by atoms with Crippen LogP contribution in [0.1, 0.15) is 31.0 Å². The number of nitrogens with one attached hydrogen (secondary N) is 1. The zero-order valence-corrected chi connectivity index (χ0v) is 12.2. The Kier molecular flexibility index (Phi) is 6.18. The van der Waals surface area contributed by atoms with Crippen molar-refractivity contribution in [2.75, 3.05) is 20.2 Å². The molecule has 0 aromatic heterocycles. The first-order chi connectivity index (χ1) is 9.47. The predicted octanol–water partition coefficient (Wildman–Crippen LogP) is 0.877. The van der Waals surface area contributed by atoms with Crippen molar-refractivity contribution in [2.24, 2.45) is 0 Å². The molecule has 0 radical (unpaired) electrons. The van der Waals surface area contributed by atoms with Gasteiger partial charge in [0.1, 0.15) is 0 Å². The number of aliphatic hydroxyl groups excluding tert-OH is 1. The lowest BCUT2D eigenvalue weighted by Crippen LogP contribution is -2.39. The van der Waals surface area contributed by atoms with Gasteiger partial charge in [-0.1, -0.05) is 31.2 Å². The van der Waals surface area contributed by atoms with Gasteiger partial charge in [0.25, 0.3) is 0 Å². The number of likely N-dealkylation sites (N-methyl/N-ethyl adjacent to an activating group) is 1. The summed E-state index contributed by atoms with van der Waals surface area (Å²) in [5.74, 6) is -0.464. The van der Waals surface area contributed by atoms with Crippen molar-refractivity contribution in [2.45, 2.75) is 26.3 Å². The number of aliphatic hydroxyl groups is 1. The molecule has 0 aliphatic heterocycles. The molecule has 5 nitrogen and oxygen atoms in total. The minimum atomic E-state index is -0.450. The third-order valence-electron chi connectivity index (χ3n) is 3.23. The smallest absolute Gasteiger partial charge is 0.240 e. The fraction of sp³-hybridized carbons (Fsp3) is 0.467. The molecule has 0 aliphatic rings. The Morgan fingerprint density at radius 1 is 1.30 bits per heavy atom. The number of carbonyl (C=O) groups is 2. The van der Waals surface area contributed by atoms with Crippen molar-refractivity contribution in [3.63, 3.8) is 0 Å². The van der Waals surface area contributed by atoms with E-state index in [0.717, 1.165) is 12.0 Å². The van der Waals surface area contributed by atoms with Gasteiger partial charge in [-0.05, 0) is 17.5 Å². The summed E-state index contributed by atoms with van der Waals surface area (Å²) < 4.78 is 0. The summed E-state index contributed by atoms with van der Waals surface area (Å²) in [6, 6.07) is 7.30. The Morgan fingerprint density at radius 3 is 2.35 bits per heavy atom. The second-order valence-corrected chi connectivity index (χ2v) is 4.77. The summed E-state index contributed by atoms with van der Waals surface area (Å²) in [6.07, 6.45) is 0.944. The molecule has 0 aliphatic carbocycles. The normalized spacial score (nSPS) is 11.8. The molecular weight excluding hydrogens is 256 g/mol. The number of hydrogen-bond acceptors (Lipinski definition) is 3. The molecule has 0 heterocycles. The van der Waals surface area contributed by atoms with E-state index in [-0.39, 0.29) is 25.0 Å². The van der Waals surface area contributed by atoms with Gasteiger partial charge in [0.05, 0.1) is 19.2 Å². The van der Waals surface area contributed by atoms with Crippen molar-refractivity contribution in [3.05, 3.63) is 35.4 Å². The Balaban J connectivity index is 2.66. The van der Waals surface area contributed by atoms with Crippen LogP contribution in [-0.4, -0.2) is 42.0 Å². The maximum absolute atomic E-state index is 11.8. The van der Waals surface area contributed by atoms with E-state index in [1.165, 1.54) is 17.4 Å². The fourth-order valence-electron chi connectivity index (χ4n) is 1.79. The molecule has 2 amide bonds. The highest BCUT2D eigenvalue weighted by atomic mass is 16.3. The maximum atomic E-state index is 11.8. The van der Waals surface area contributed by atoms with Crippen LogP contribution in [0.5, 0.6) is 0 Å². The molecule has 0 saturated heterocycles. The topological polar surface area (TPSA) is 69.6 Å². The van der Waals surface area contributed by atoms with E-state index >= 15 is 0 Å². The third kappa shape index (κ3) is 4.66. The van der Waals surface area contributed by atoms with Crippen molar-refractivity contribution < 1.29 is 14.7 Å². The minimum Gasteiger partial charge on any atom is -0.394 e. The Labute approximate surface area is 119 Å². The van der Waals surface area contributed by atoms with Gasteiger partial charge in [0.15, 0.2) is 0 Å². The van der Waals surface area contributed by atoms with E-state index in [4.69, 9.17) is 0 Å². The first-order valence-corrected chi connectivity index (χ1v) is 6.68. The minimum absolute atomic E-state index is 0.0150. The molecule has 110 valence electrons. The summed E-state index contributed by atoms with van der Waals surface area (Å²) in [5, 5.41) is 12.1. The average molecular weight is 278 g/mol. The van der Waals surface area contributed by atoms with Crippen LogP contribution in [0.25, 0.3) is 0 Å². The van der Waals surface area contributed by atoms with E-state index in [9.17, 15) is 14.7 Å². The fourth-order valence-corrected chi connectivity index (χ4v) is 1.79. The van der Waals surface area contributed by atoms with E-state index in [1.54, 1.807) is 7.05 Å². The molecule has 0 saturated carbocycles. The van der Waals surface area contributed by atoms with Crippen molar-refractivity contribution in [1.82, 2.24) is 10.2 Å². The molecule has 0 fully saturated rings. The van der Waals surface area contributed by atoms with Crippen LogP contribution in [0.15, 0.2) is 24.3 Å². The van der Waals surface area contributed by atoms with Crippen LogP contribution < -0.4 is 5.32 Å². The molecule has 1 unspecified atom stereocenters. The van der Waals surface area contributed by atoms with E-state index in [2.05, 4.69) is 12.2 Å².